The minimum absolute atomic E-state index is 0.0371. The van der Waals surface area contributed by atoms with Gasteiger partial charge in [0.2, 0.25) is 5.91 Å². The van der Waals surface area contributed by atoms with Crippen molar-refractivity contribution in [2.45, 2.75) is 32.4 Å². The van der Waals surface area contributed by atoms with Gasteiger partial charge in [-0.15, -0.1) is 11.3 Å². The van der Waals surface area contributed by atoms with Crippen molar-refractivity contribution in [1.29, 1.82) is 0 Å². The monoisotopic (exact) mass is 296 g/mol. The molecule has 0 bridgehead atoms. The van der Waals surface area contributed by atoms with E-state index in [1.54, 1.807) is 28.2 Å². The molecule has 0 radical (unpaired) electrons. The molecule has 110 valence electrons. The molecule has 0 saturated heterocycles. The van der Waals surface area contributed by atoms with Crippen LogP contribution < -0.4 is 0 Å². The zero-order valence-electron chi connectivity index (χ0n) is 12.0. The molecule has 1 aliphatic heterocycles. The minimum Gasteiger partial charge on any atom is -0.480 e. The Hall–Kier alpha value is -1.40. The summed E-state index contributed by atoms with van der Waals surface area (Å²) in [4.78, 5) is 28.3. The summed E-state index contributed by atoms with van der Waals surface area (Å²) in [5, 5.41) is 11.4. The van der Waals surface area contributed by atoms with E-state index in [4.69, 9.17) is 0 Å². The highest BCUT2D eigenvalue weighted by Crippen LogP contribution is 2.33. The summed E-state index contributed by atoms with van der Waals surface area (Å²) in [6, 6.07) is 1.28. The molecule has 1 aromatic rings. The second kappa shape index (κ2) is 5.93. The molecule has 2 rings (SSSR count). The highest BCUT2D eigenvalue weighted by atomic mass is 32.1. The van der Waals surface area contributed by atoms with Crippen LogP contribution in [0, 0.1) is 0 Å². The van der Waals surface area contributed by atoms with Gasteiger partial charge in [-0.25, -0.2) is 0 Å². The fraction of sp³-hybridized carbons (Fsp3) is 0.571. The molecule has 2 heterocycles. The van der Waals surface area contributed by atoms with Crippen LogP contribution >= 0.6 is 11.3 Å². The van der Waals surface area contributed by atoms with Crippen molar-refractivity contribution < 1.29 is 14.7 Å². The van der Waals surface area contributed by atoms with Gasteiger partial charge < -0.3 is 10.0 Å². The maximum atomic E-state index is 12.2. The topological polar surface area (TPSA) is 60.9 Å². The van der Waals surface area contributed by atoms with E-state index in [2.05, 4.69) is 0 Å². The number of hydrogen-bond acceptors (Lipinski definition) is 4. The van der Waals surface area contributed by atoms with Crippen molar-refractivity contribution in [3.05, 3.63) is 21.9 Å². The van der Waals surface area contributed by atoms with Gasteiger partial charge in [-0.1, -0.05) is 0 Å². The number of thiophene rings is 1. The van der Waals surface area contributed by atoms with Gasteiger partial charge in [0.1, 0.15) is 6.04 Å². The lowest BCUT2D eigenvalue weighted by Crippen LogP contribution is -2.46. The minimum atomic E-state index is -0.885. The number of carbonyl (C=O) groups is 2. The highest BCUT2D eigenvalue weighted by Gasteiger charge is 2.35. The van der Waals surface area contributed by atoms with Crippen molar-refractivity contribution in [2.75, 3.05) is 20.1 Å². The molecule has 0 spiro atoms. The van der Waals surface area contributed by atoms with Gasteiger partial charge in [-0.2, -0.15) is 0 Å². The number of likely N-dealkylation sites (N-methyl/N-ethyl adjacent to an activating group) is 1. The number of fused-ring (bicyclic) bond motifs is 1. The number of carboxylic acids is 1. The smallest absolute Gasteiger partial charge is 0.325 e. The quantitative estimate of drug-likeness (QED) is 0.917. The summed E-state index contributed by atoms with van der Waals surface area (Å²) in [5.41, 5.74) is 0.841. The first-order chi connectivity index (χ1) is 9.41. The second-order valence-corrected chi connectivity index (χ2v) is 6.36. The van der Waals surface area contributed by atoms with Gasteiger partial charge in [0, 0.05) is 24.5 Å². The summed E-state index contributed by atoms with van der Waals surface area (Å²) >= 11 is 1.59. The van der Waals surface area contributed by atoms with Gasteiger partial charge in [0.25, 0.3) is 0 Å². The molecule has 6 heteroatoms. The number of nitrogens with zero attached hydrogens (tertiary/aromatic N) is 2. The van der Waals surface area contributed by atoms with E-state index in [0.717, 1.165) is 16.9 Å². The van der Waals surface area contributed by atoms with Crippen molar-refractivity contribution >= 4 is 23.2 Å². The van der Waals surface area contributed by atoms with Crippen LogP contribution in [-0.2, 0) is 16.0 Å². The largest absolute Gasteiger partial charge is 0.480 e. The molecule has 20 heavy (non-hydrogen) atoms. The molecule has 1 amide bonds. The number of aliphatic carboxylic acids is 1. The van der Waals surface area contributed by atoms with Crippen LogP contribution in [0.1, 0.15) is 30.3 Å². The van der Waals surface area contributed by atoms with Crippen molar-refractivity contribution in [3.63, 3.8) is 0 Å². The number of hydrogen-bond donors (Lipinski definition) is 1. The molecule has 0 fully saturated rings. The molecule has 1 aromatic heterocycles. The predicted molar refractivity (Wildman–Crippen MR) is 77.9 cm³/mol. The van der Waals surface area contributed by atoms with Crippen LogP contribution in [0.4, 0.5) is 0 Å². The average molecular weight is 296 g/mol. The number of carbonyl (C=O) groups excluding carboxylic acids is 1. The number of amides is 1. The normalized spacial score (nSPS) is 18.9. The van der Waals surface area contributed by atoms with Gasteiger partial charge in [-0.3, -0.25) is 14.5 Å². The molecule has 1 aliphatic rings. The average Bonchev–Trinajstić information content (AvgIpc) is 2.84. The first-order valence-corrected chi connectivity index (χ1v) is 7.58. The Morgan fingerprint density at radius 3 is 2.85 bits per heavy atom. The van der Waals surface area contributed by atoms with Gasteiger partial charge >= 0.3 is 5.97 Å². The van der Waals surface area contributed by atoms with E-state index in [1.165, 1.54) is 0 Å². The first-order valence-electron chi connectivity index (χ1n) is 6.70. The van der Waals surface area contributed by atoms with Crippen LogP contribution in [0.15, 0.2) is 11.4 Å². The summed E-state index contributed by atoms with van der Waals surface area (Å²) in [6.45, 7) is 4.66. The highest BCUT2D eigenvalue weighted by molar-refractivity contribution is 7.10. The molecule has 1 atom stereocenters. The number of rotatable bonds is 4. The van der Waals surface area contributed by atoms with E-state index < -0.39 is 12.0 Å². The van der Waals surface area contributed by atoms with Gasteiger partial charge in [0.05, 0.1) is 6.54 Å². The Morgan fingerprint density at radius 2 is 2.25 bits per heavy atom. The maximum absolute atomic E-state index is 12.2. The summed E-state index contributed by atoms with van der Waals surface area (Å²) in [6.07, 6.45) is 0.815. The van der Waals surface area contributed by atoms with Crippen LogP contribution in [0.2, 0.25) is 0 Å². The van der Waals surface area contributed by atoms with Gasteiger partial charge in [0.15, 0.2) is 0 Å². The molecule has 1 unspecified atom stereocenters. The second-order valence-electron chi connectivity index (χ2n) is 5.36. The molecule has 5 nitrogen and oxygen atoms in total. The van der Waals surface area contributed by atoms with Crippen LogP contribution in [-0.4, -0.2) is 53.0 Å². The molecule has 0 aliphatic carbocycles. The molecular formula is C14H20N2O3S. The van der Waals surface area contributed by atoms with E-state index in [0.29, 0.717) is 6.54 Å². The third kappa shape index (κ3) is 2.86. The third-order valence-corrected chi connectivity index (χ3v) is 4.80. The Labute approximate surface area is 122 Å². The molecular weight excluding hydrogens is 276 g/mol. The van der Waals surface area contributed by atoms with Crippen LogP contribution in [0.25, 0.3) is 0 Å². The zero-order chi connectivity index (χ0) is 14.9. The van der Waals surface area contributed by atoms with E-state index in [1.807, 2.05) is 25.3 Å². The lowest BCUT2D eigenvalue weighted by atomic mass is 10.00. The third-order valence-electron chi connectivity index (χ3n) is 3.81. The first kappa shape index (κ1) is 15.0. The van der Waals surface area contributed by atoms with Crippen molar-refractivity contribution in [3.8, 4) is 0 Å². The fourth-order valence-corrected chi connectivity index (χ4v) is 3.30. The van der Waals surface area contributed by atoms with E-state index in [-0.39, 0.29) is 18.5 Å². The Morgan fingerprint density at radius 1 is 1.55 bits per heavy atom. The van der Waals surface area contributed by atoms with Gasteiger partial charge in [-0.05, 0) is 37.3 Å². The summed E-state index contributed by atoms with van der Waals surface area (Å²) in [7, 11) is 1.75. The molecule has 1 N–H and O–H groups in total. The number of carboxylic acid groups (broad SMARTS) is 1. The van der Waals surface area contributed by atoms with Crippen LogP contribution in [0.3, 0.4) is 0 Å². The molecule has 0 saturated carbocycles. The standard InChI is InChI=1S/C14H20N2O3S/c1-9(2)15(3)12(17)8-16-6-4-11-10(5-7-20-11)13(16)14(18)19/h5,7,9,13H,4,6,8H2,1-3H3,(H,18,19). The summed E-state index contributed by atoms with van der Waals surface area (Å²) in [5.74, 6) is -0.922. The van der Waals surface area contributed by atoms with Crippen LogP contribution in [0.5, 0.6) is 0 Å². The predicted octanol–water partition coefficient (Wildman–Crippen LogP) is 1.60. The lowest BCUT2D eigenvalue weighted by molar-refractivity contribution is -0.145. The van der Waals surface area contributed by atoms with Crippen molar-refractivity contribution in [1.82, 2.24) is 9.80 Å². The zero-order valence-corrected chi connectivity index (χ0v) is 12.8. The summed E-state index contributed by atoms with van der Waals surface area (Å²) < 4.78 is 0. The Balaban J connectivity index is 2.16. The maximum Gasteiger partial charge on any atom is 0.325 e. The lowest BCUT2D eigenvalue weighted by Gasteiger charge is -2.34. The SMILES string of the molecule is CC(C)N(C)C(=O)CN1CCc2sccc2C1C(=O)O. The Bertz CT molecular complexity index is 512. The Kier molecular flexibility index (Phi) is 4.45. The van der Waals surface area contributed by atoms with E-state index >= 15 is 0 Å². The van der Waals surface area contributed by atoms with Crippen molar-refractivity contribution in [2.24, 2.45) is 0 Å². The molecule has 0 aromatic carbocycles. The van der Waals surface area contributed by atoms with E-state index in [9.17, 15) is 14.7 Å². The fourth-order valence-electron chi connectivity index (χ4n) is 2.40.